The first-order valence-corrected chi connectivity index (χ1v) is 15.2. The van der Waals surface area contributed by atoms with E-state index in [1.54, 1.807) is 30.3 Å². The van der Waals surface area contributed by atoms with Gasteiger partial charge in [-0.15, -0.1) is 5.54 Å². The molecule has 6 nitrogen and oxygen atoms in total. The molecule has 1 amide bonds. The van der Waals surface area contributed by atoms with Crippen molar-refractivity contribution < 1.29 is 13.2 Å². The molecular formula is C26H33N3O3SSi. The van der Waals surface area contributed by atoms with E-state index in [-0.39, 0.29) is 16.1 Å². The van der Waals surface area contributed by atoms with Crippen LogP contribution in [0, 0.1) is 18.4 Å². The standard InChI is InChI=1S/C26H33N3O3SSi/c1-17(2)34(18(3)4,19(5)6)15-13-22-23-12-14-29(26(23)28-16-24(22)25(27)30)33(31,32)21-10-8-20(7)9-11-21/h8-12,14,16-19H,1-7H3,(H2,27,30). The van der Waals surface area contributed by atoms with Crippen molar-refractivity contribution in [1.29, 1.82) is 0 Å². The minimum absolute atomic E-state index is 0.162. The summed E-state index contributed by atoms with van der Waals surface area (Å²) in [6.07, 6.45) is 2.79. The number of hydrogen-bond donors (Lipinski definition) is 1. The van der Waals surface area contributed by atoms with Crippen LogP contribution in [-0.4, -0.2) is 31.4 Å². The fourth-order valence-corrected chi connectivity index (χ4v) is 11.5. The number of fused-ring (bicyclic) bond motifs is 1. The maximum absolute atomic E-state index is 13.3. The lowest BCUT2D eigenvalue weighted by atomic mass is 10.1. The molecule has 2 aromatic heterocycles. The summed E-state index contributed by atoms with van der Waals surface area (Å²) >= 11 is 0. The van der Waals surface area contributed by atoms with Crippen molar-refractivity contribution in [3.8, 4) is 11.5 Å². The van der Waals surface area contributed by atoms with E-state index < -0.39 is 24.0 Å². The number of amides is 1. The second kappa shape index (κ2) is 9.39. The number of hydrogen-bond acceptors (Lipinski definition) is 4. The number of benzene rings is 1. The van der Waals surface area contributed by atoms with E-state index in [0.717, 1.165) is 9.54 Å². The van der Waals surface area contributed by atoms with Crippen molar-refractivity contribution in [3.05, 3.63) is 59.4 Å². The van der Waals surface area contributed by atoms with Gasteiger partial charge in [-0.3, -0.25) is 4.79 Å². The van der Waals surface area contributed by atoms with E-state index >= 15 is 0 Å². The van der Waals surface area contributed by atoms with Crippen molar-refractivity contribution in [2.24, 2.45) is 5.73 Å². The van der Waals surface area contributed by atoms with E-state index in [1.807, 2.05) is 6.92 Å². The highest BCUT2D eigenvalue weighted by atomic mass is 32.2. The highest BCUT2D eigenvalue weighted by molar-refractivity contribution is 7.90. The first kappa shape index (κ1) is 25.7. The zero-order chi connectivity index (χ0) is 25.4. The van der Waals surface area contributed by atoms with Gasteiger partial charge in [0.25, 0.3) is 15.9 Å². The molecule has 0 saturated heterocycles. The summed E-state index contributed by atoms with van der Waals surface area (Å²) in [5, 5.41) is 0.499. The number of nitrogens with two attached hydrogens (primary N) is 1. The van der Waals surface area contributed by atoms with E-state index in [9.17, 15) is 13.2 Å². The largest absolute Gasteiger partial charge is 0.366 e. The Hall–Kier alpha value is -2.89. The lowest BCUT2D eigenvalue weighted by Gasteiger charge is -2.38. The molecule has 0 aliphatic heterocycles. The van der Waals surface area contributed by atoms with Gasteiger partial charge in [0.05, 0.1) is 10.5 Å². The SMILES string of the molecule is Cc1ccc(S(=O)(=O)n2ccc3c(C#C[Si](C(C)C)(C(C)C)C(C)C)c(C(N)=O)cnc32)cc1. The topological polar surface area (TPSA) is 95.0 Å². The Labute approximate surface area is 203 Å². The van der Waals surface area contributed by atoms with Crippen LogP contribution in [0.4, 0.5) is 0 Å². The summed E-state index contributed by atoms with van der Waals surface area (Å²) in [6.45, 7) is 15.2. The fourth-order valence-electron chi connectivity index (χ4n) is 5.01. The van der Waals surface area contributed by atoms with Crippen LogP contribution >= 0.6 is 0 Å². The van der Waals surface area contributed by atoms with Crippen LogP contribution in [0.5, 0.6) is 0 Å². The van der Waals surface area contributed by atoms with Gasteiger partial charge in [0, 0.05) is 23.3 Å². The maximum atomic E-state index is 13.3. The summed E-state index contributed by atoms with van der Waals surface area (Å²) in [4.78, 5) is 16.7. The van der Waals surface area contributed by atoms with Crippen LogP contribution in [-0.2, 0) is 10.0 Å². The van der Waals surface area contributed by atoms with Crippen LogP contribution in [0.1, 0.15) is 63.0 Å². The zero-order valence-electron chi connectivity index (χ0n) is 20.9. The number of carbonyl (C=O) groups excluding carboxylic acids is 1. The minimum atomic E-state index is -3.87. The van der Waals surface area contributed by atoms with Gasteiger partial charge < -0.3 is 5.73 Å². The lowest BCUT2D eigenvalue weighted by Crippen LogP contribution is -2.43. The second-order valence-electron chi connectivity index (χ2n) is 9.73. The minimum Gasteiger partial charge on any atom is -0.366 e. The number of carbonyl (C=O) groups is 1. The van der Waals surface area contributed by atoms with Crippen LogP contribution in [0.2, 0.25) is 16.6 Å². The predicted molar refractivity (Wildman–Crippen MR) is 140 cm³/mol. The molecular weight excluding hydrogens is 462 g/mol. The maximum Gasteiger partial charge on any atom is 0.269 e. The molecule has 0 fully saturated rings. The average molecular weight is 496 g/mol. The van der Waals surface area contributed by atoms with Gasteiger partial charge in [0.15, 0.2) is 5.65 Å². The highest BCUT2D eigenvalue weighted by Gasteiger charge is 2.41. The van der Waals surface area contributed by atoms with Gasteiger partial charge >= 0.3 is 0 Å². The molecule has 34 heavy (non-hydrogen) atoms. The molecule has 2 N–H and O–H groups in total. The van der Waals surface area contributed by atoms with Gasteiger partial charge in [0.2, 0.25) is 0 Å². The van der Waals surface area contributed by atoms with Crippen molar-refractivity contribution in [3.63, 3.8) is 0 Å². The molecule has 3 aromatic rings. The number of aryl methyl sites for hydroxylation is 1. The summed E-state index contributed by atoms with van der Waals surface area (Å²) in [5.74, 6) is 2.66. The first-order valence-electron chi connectivity index (χ1n) is 11.5. The van der Waals surface area contributed by atoms with E-state index in [0.29, 0.717) is 27.6 Å². The third kappa shape index (κ3) is 4.30. The molecule has 3 rings (SSSR count). The van der Waals surface area contributed by atoms with Crippen molar-refractivity contribution in [1.82, 2.24) is 8.96 Å². The molecule has 180 valence electrons. The van der Waals surface area contributed by atoms with Gasteiger partial charge in [0.1, 0.15) is 8.07 Å². The van der Waals surface area contributed by atoms with Crippen LogP contribution in [0.3, 0.4) is 0 Å². The van der Waals surface area contributed by atoms with Crippen molar-refractivity contribution in [2.75, 3.05) is 0 Å². The molecule has 0 aliphatic rings. The van der Waals surface area contributed by atoms with Gasteiger partial charge in [-0.05, 0) is 41.7 Å². The summed E-state index contributed by atoms with van der Waals surface area (Å²) in [7, 11) is -5.98. The first-order chi connectivity index (χ1) is 15.8. The highest BCUT2D eigenvalue weighted by Crippen LogP contribution is 2.41. The third-order valence-electron chi connectivity index (χ3n) is 6.79. The monoisotopic (exact) mass is 495 g/mol. The predicted octanol–water partition coefficient (Wildman–Crippen LogP) is 5.25. The number of aromatic nitrogens is 2. The summed E-state index contributed by atoms with van der Waals surface area (Å²) in [5.41, 5.74) is 12.3. The molecule has 0 saturated carbocycles. The van der Waals surface area contributed by atoms with E-state index in [2.05, 4.69) is 58.0 Å². The Morgan fingerprint density at radius 3 is 2.06 bits per heavy atom. The van der Waals surface area contributed by atoms with Gasteiger partial charge in [-0.25, -0.2) is 17.4 Å². The van der Waals surface area contributed by atoms with E-state index in [1.165, 1.54) is 12.4 Å². The van der Waals surface area contributed by atoms with Crippen LogP contribution in [0.15, 0.2) is 47.6 Å². The van der Waals surface area contributed by atoms with Crippen molar-refractivity contribution in [2.45, 2.75) is 70.0 Å². The zero-order valence-corrected chi connectivity index (χ0v) is 22.7. The molecule has 1 aromatic carbocycles. The smallest absolute Gasteiger partial charge is 0.269 e. The average Bonchev–Trinajstić information content (AvgIpc) is 3.18. The molecule has 2 heterocycles. The molecule has 0 atom stereocenters. The quantitative estimate of drug-likeness (QED) is 0.373. The Bertz CT molecular complexity index is 1370. The molecule has 0 spiro atoms. The molecule has 0 unspecified atom stereocenters. The Morgan fingerprint density at radius 1 is 1.00 bits per heavy atom. The fraction of sp³-hybridized carbons (Fsp3) is 0.385. The third-order valence-corrected chi connectivity index (χ3v) is 14.8. The number of pyridine rings is 1. The van der Waals surface area contributed by atoms with E-state index in [4.69, 9.17) is 5.73 Å². The number of primary amides is 1. The van der Waals surface area contributed by atoms with Crippen LogP contribution in [0.25, 0.3) is 11.0 Å². The molecule has 0 bridgehead atoms. The molecule has 0 aliphatic carbocycles. The van der Waals surface area contributed by atoms with Crippen LogP contribution < -0.4 is 5.73 Å². The lowest BCUT2D eigenvalue weighted by molar-refractivity contribution is 0.1000. The summed E-state index contributed by atoms with van der Waals surface area (Å²) < 4.78 is 27.8. The molecule has 0 radical (unpaired) electrons. The second-order valence-corrected chi connectivity index (χ2v) is 17.1. The Morgan fingerprint density at radius 2 is 1.56 bits per heavy atom. The Kier molecular flexibility index (Phi) is 7.11. The van der Waals surface area contributed by atoms with Crippen molar-refractivity contribution >= 4 is 35.0 Å². The Balaban J connectivity index is 2.30. The number of rotatable bonds is 6. The normalized spacial score (nSPS) is 12.4. The number of nitrogens with zero attached hydrogens (tertiary/aromatic N) is 2. The molecule has 8 heteroatoms. The summed E-state index contributed by atoms with van der Waals surface area (Å²) in [6, 6.07) is 8.30. The van der Waals surface area contributed by atoms with Gasteiger partial charge in [-0.1, -0.05) is 65.2 Å². The van der Waals surface area contributed by atoms with Gasteiger partial charge in [-0.2, -0.15) is 0 Å².